The number of benzene rings is 1. The number of carbonyl (C=O) groups is 3. The van der Waals surface area contributed by atoms with Crippen molar-refractivity contribution in [3.8, 4) is 5.75 Å². The zero-order valence-corrected chi connectivity index (χ0v) is 20.1. The standard InChI is InChI=1S/C25H33N5O4/c1-4-29-23(32)20-14-19(22(31)26-15-17-10-6-9-13-21(17)34-5-2)28-30(20)16-25(29,3)24(33)27-18-11-7-8-12-18/h6,9-10,13-14,18H,4-5,7-8,11-12,15-16H2,1-3H3,(H,26,31)(H,27,33)/t25-/m0/s1. The van der Waals surface area contributed by atoms with Gasteiger partial charge in [-0.3, -0.25) is 19.1 Å². The number of nitrogens with zero attached hydrogens (tertiary/aromatic N) is 3. The predicted octanol–water partition coefficient (Wildman–Crippen LogP) is 2.51. The Labute approximate surface area is 199 Å². The summed E-state index contributed by atoms with van der Waals surface area (Å²) in [5.41, 5.74) is 0.241. The summed E-state index contributed by atoms with van der Waals surface area (Å²) in [6.45, 7) is 6.91. The van der Waals surface area contributed by atoms with Crippen LogP contribution in [0.4, 0.5) is 0 Å². The average Bonchev–Trinajstić information content (AvgIpc) is 3.49. The van der Waals surface area contributed by atoms with Gasteiger partial charge < -0.3 is 20.3 Å². The Morgan fingerprint density at radius 2 is 1.94 bits per heavy atom. The number of fused-ring (bicyclic) bond motifs is 1. The van der Waals surface area contributed by atoms with Gasteiger partial charge in [0.05, 0.1) is 13.2 Å². The average molecular weight is 468 g/mol. The second-order valence-electron chi connectivity index (χ2n) is 9.07. The molecule has 1 saturated carbocycles. The van der Waals surface area contributed by atoms with Gasteiger partial charge in [0.15, 0.2) is 5.69 Å². The van der Waals surface area contributed by atoms with Crippen LogP contribution in [0.5, 0.6) is 5.75 Å². The number of rotatable bonds is 8. The van der Waals surface area contributed by atoms with E-state index in [-0.39, 0.29) is 42.5 Å². The molecule has 2 heterocycles. The van der Waals surface area contributed by atoms with Gasteiger partial charge in [-0.15, -0.1) is 0 Å². The highest BCUT2D eigenvalue weighted by Gasteiger charge is 2.48. The van der Waals surface area contributed by atoms with E-state index in [1.165, 1.54) is 10.7 Å². The van der Waals surface area contributed by atoms with Crippen LogP contribution in [0, 0.1) is 0 Å². The Morgan fingerprint density at radius 1 is 1.21 bits per heavy atom. The molecule has 1 fully saturated rings. The third-order valence-corrected chi connectivity index (χ3v) is 6.74. The van der Waals surface area contributed by atoms with E-state index in [4.69, 9.17) is 4.74 Å². The molecule has 0 unspecified atom stereocenters. The van der Waals surface area contributed by atoms with Crippen molar-refractivity contribution in [2.45, 2.75) is 71.1 Å². The topological polar surface area (TPSA) is 106 Å². The van der Waals surface area contributed by atoms with Gasteiger partial charge in [0.1, 0.15) is 17.0 Å². The number of hydrogen-bond acceptors (Lipinski definition) is 5. The van der Waals surface area contributed by atoms with Crippen molar-refractivity contribution >= 4 is 17.7 Å². The zero-order valence-electron chi connectivity index (χ0n) is 20.1. The molecule has 2 aliphatic rings. The van der Waals surface area contributed by atoms with Crippen molar-refractivity contribution in [2.24, 2.45) is 0 Å². The van der Waals surface area contributed by atoms with E-state index in [2.05, 4.69) is 15.7 Å². The third kappa shape index (κ3) is 4.51. The Balaban J connectivity index is 1.51. The molecule has 3 amide bonds. The fraction of sp³-hybridized carbons (Fsp3) is 0.520. The first-order valence-electron chi connectivity index (χ1n) is 12.1. The number of para-hydroxylation sites is 1. The molecule has 0 spiro atoms. The van der Waals surface area contributed by atoms with Crippen molar-refractivity contribution in [3.63, 3.8) is 0 Å². The van der Waals surface area contributed by atoms with Crippen LogP contribution in [0.3, 0.4) is 0 Å². The maximum Gasteiger partial charge on any atom is 0.273 e. The molecular weight excluding hydrogens is 434 g/mol. The molecule has 1 atom stereocenters. The second kappa shape index (κ2) is 9.87. The molecule has 182 valence electrons. The highest BCUT2D eigenvalue weighted by Crippen LogP contribution is 2.28. The highest BCUT2D eigenvalue weighted by atomic mass is 16.5. The minimum Gasteiger partial charge on any atom is -0.494 e. The molecule has 4 rings (SSSR count). The Hall–Kier alpha value is -3.36. The van der Waals surface area contributed by atoms with Gasteiger partial charge in [-0.2, -0.15) is 5.10 Å². The van der Waals surface area contributed by atoms with Crippen LogP contribution in [-0.4, -0.2) is 57.1 Å². The summed E-state index contributed by atoms with van der Waals surface area (Å²) in [6.07, 6.45) is 4.14. The number of hydrogen-bond donors (Lipinski definition) is 2. The monoisotopic (exact) mass is 467 g/mol. The molecule has 9 nitrogen and oxygen atoms in total. The lowest BCUT2D eigenvalue weighted by Crippen LogP contribution is -2.64. The van der Waals surface area contributed by atoms with Crippen molar-refractivity contribution in [1.29, 1.82) is 0 Å². The zero-order chi connectivity index (χ0) is 24.3. The fourth-order valence-corrected chi connectivity index (χ4v) is 4.87. The molecule has 34 heavy (non-hydrogen) atoms. The maximum atomic E-state index is 13.3. The lowest BCUT2D eigenvalue weighted by Gasteiger charge is -2.43. The SMILES string of the molecule is CCOc1ccccc1CNC(=O)c1cc2n(n1)C[C@@](C)(C(=O)NC1CCCC1)N(CC)C2=O. The van der Waals surface area contributed by atoms with E-state index in [0.717, 1.165) is 31.2 Å². The van der Waals surface area contributed by atoms with Gasteiger partial charge in [-0.05, 0) is 39.7 Å². The summed E-state index contributed by atoms with van der Waals surface area (Å²) in [4.78, 5) is 41.0. The summed E-state index contributed by atoms with van der Waals surface area (Å²) in [5.74, 6) is -0.145. The lowest BCUT2D eigenvalue weighted by atomic mass is 9.94. The van der Waals surface area contributed by atoms with E-state index in [9.17, 15) is 14.4 Å². The van der Waals surface area contributed by atoms with Crippen LogP contribution in [0.15, 0.2) is 30.3 Å². The summed E-state index contributed by atoms with van der Waals surface area (Å²) in [6, 6.07) is 9.16. The molecule has 2 aromatic rings. The first kappa shape index (κ1) is 23.8. The molecular formula is C25H33N5O4. The largest absolute Gasteiger partial charge is 0.494 e. The molecule has 1 aliphatic carbocycles. The predicted molar refractivity (Wildman–Crippen MR) is 127 cm³/mol. The lowest BCUT2D eigenvalue weighted by molar-refractivity contribution is -0.133. The van der Waals surface area contributed by atoms with Crippen molar-refractivity contribution in [2.75, 3.05) is 13.2 Å². The van der Waals surface area contributed by atoms with Crippen LogP contribution < -0.4 is 15.4 Å². The van der Waals surface area contributed by atoms with Crippen LogP contribution >= 0.6 is 0 Å². The number of aromatic nitrogens is 2. The number of carbonyl (C=O) groups excluding carboxylic acids is 3. The van der Waals surface area contributed by atoms with Crippen molar-refractivity contribution in [3.05, 3.63) is 47.3 Å². The van der Waals surface area contributed by atoms with Gasteiger partial charge in [-0.1, -0.05) is 31.0 Å². The van der Waals surface area contributed by atoms with E-state index >= 15 is 0 Å². The van der Waals surface area contributed by atoms with E-state index in [1.54, 1.807) is 11.8 Å². The van der Waals surface area contributed by atoms with Crippen molar-refractivity contribution in [1.82, 2.24) is 25.3 Å². The molecule has 0 radical (unpaired) electrons. The number of nitrogens with one attached hydrogen (secondary N) is 2. The van der Waals surface area contributed by atoms with Crippen molar-refractivity contribution < 1.29 is 19.1 Å². The van der Waals surface area contributed by atoms with Gasteiger partial charge in [0.25, 0.3) is 11.8 Å². The molecule has 9 heteroatoms. The quantitative estimate of drug-likeness (QED) is 0.621. The van der Waals surface area contributed by atoms with E-state index < -0.39 is 5.54 Å². The third-order valence-electron chi connectivity index (χ3n) is 6.74. The molecule has 2 N–H and O–H groups in total. The minimum absolute atomic E-state index is 0.147. The number of ether oxygens (including phenoxy) is 1. The fourth-order valence-electron chi connectivity index (χ4n) is 4.87. The minimum atomic E-state index is -1.07. The summed E-state index contributed by atoms with van der Waals surface area (Å²) in [7, 11) is 0. The summed E-state index contributed by atoms with van der Waals surface area (Å²) in [5, 5.41) is 10.4. The molecule has 0 bridgehead atoms. The maximum absolute atomic E-state index is 13.3. The highest BCUT2D eigenvalue weighted by molar-refractivity contribution is 6.01. The Bertz CT molecular complexity index is 1080. The summed E-state index contributed by atoms with van der Waals surface area (Å²) >= 11 is 0. The molecule has 1 aromatic heterocycles. The normalized spacial score (nSPS) is 20.2. The van der Waals surface area contributed by atoms with E-state index in [0.29, 0.717) is 24.6 Å². The first-order valence-corrected chi connectivity index (χ1v) is 12.1. The second-order valence-corrected chi connectivity index (χ2v) is 9.07. The molecule has 0 saturated heterocycles. The number of likely N-dealkylation sites (N-methyl/N-ethyl adjacent to an activating group) is 1. The van der Waals surface area contributed by atoms with Gasteiger partial charge in [0.2, 0.25) is 5.91 Å². The van der Waals surface area contributed by atoms with Crippen LogP contribution in [0.2, 0.25) is 0 Å². The van der Waals surface area contributed by atoms with E-state index in [1.807, 2.05) is 38.1 Å². The molecule has 1 aromatic carbocycles. The Morgan fingerprint density at radius 3 is 2.65 bits per heavy atom. The van der Waals surface area contributed by atoms with Crippen LogP contribution in [0.1, 0.15) is 73.0 Å². The van der Waals surface area contributed by atoms with Gasteiger partial charge in [-0.25, -0.2) is 0 Å². The first-order chi connectivity index (χ1) is 16.4. The molecule has 1 aliphatic heterocycles. The summed E-state index contributed by atoms with van der Waals surface area (Å²) < 4.78 is 7.11. The van der Waals surface area contributed by atoms with Crippen LogP contribution in [0.25, 0.3) is 0 Å². The number of amides is 3. The smallest absolute Gasteiger partial charge is 0.273 e. The Kier molecular flexibility index (Phi) is 6.90. The van der Waals surface area contributed by atoms with Gasteiger partial charge >= 0.3 is 0 Å². The van der Waals surface area contributed by atoms with Crippen LogP contribution in [-0.2, 0) is 17.9 Å². The van der Waals surface area contributed by atoms with Gasteiger partial charge in [0, 0.05) is 30.8 Å².